The Labute approximate surface area is 128 Å². The number of hydrogen-bond acceptors (Lipinski definition) is 4. The Morgan fingerprint density at radius 2 is 1.95 bits per heavy atom. The number of carbonyl (C=O) groups is 1. The third kappa shape index (κ3) is 3.70. The topological polar surface area (TPSA) is 64.1 Å². The van der Waals surface area contributed by atoms with Crippen LogP contribution in [0.4, 0.5) is 5.69 Å². The molecule has 5 nitrogen and oxygen atoms in total. The summed E-state index contributed by atoms with van der Waals surface area (Å²) in [5.74, 6) is -0.253. The van der Waals surface area contributed by atoms with E-state index in [-0.39, 0.29) is 5.91 Å². The minimum atomic E-state index is -0.253. The first-order valence-electron chi connectivity index (χ1n) is 6.56. The number of hydrogen-bond donors (Lipinski definition) is 1. The smallest absolute Gasteiger partial charge is 0.316 e. The number of nitrogens with zero attached hydrogens (tertiary/aromatic N) is 2. The third-order valence-electron chi connectivity index (χ3n) is 2.85. The lowest BCUT2D eigenvalue weighted by molar-refractivity contribution is 0.102. The molecule has 0 fully saturated rings. The summed E-state index contributed by atoms with van der Waals surface area (Å²) in [6.45, 7) is 5.95. The van der Waals surface area contributed by atoms with Crippen LogP contribution in [0.15, 0.2) is 24.3 Å². The molecule has 1 aromatic carbocycles. The largest absolute Gasteiger partial charge is 0.464 e. The second kappa shape index (κ2) is 6.54. The van der Waals surface area contributed by atoms with Gasteiger partial charge in [0.05, 0.1) is 23.7 Å². The van der Waals surface area contributed by atoms with Gasteiger partial charge in [-0.1, -0.05) is 17.7 Å². The van der Waals surface area contributed by atoms with Gasteiger partial charge in [-0.15, -0.1) is 0 Å². The molecule has 1 amide bonds. The molecule has 0 radical (unpaired) electrons. The SMILES string of the molecule is CCOc1nc(C)c(NC(=O)c2cccc(Cl)c2)c(C)n1. The van der Waals surface area contributed by atoms with E-state index < -0.39 is 0 Å². The van der Waals surface area contributed by atoms with E-state index in [0.717, 1.165) is 0 Å². The molecule has 0 aliphatic carbocycles. The number of aromatic nitrogens is 2. The van der Waals surface area contributed by atoms with Crippen molar-refractivity contribution in [1.29, 1.82) is 0 Å². The summed E-state index contributed by atoms with van der Waals surface area (Å²) in [7, 11) is 0. The fourth-order valence-corrected chi connectivity index (χ4v) is 2.07. The molecule has 2 aromatic rings. The van der Waals surface area contributed by atoms with Gasteiger partial charge >= 0.3 is 6.01 Å². The molecule has 0 saturated heterocycles. The molecule has 0 saturated carbocycles. The van der Waals surface area contributed by atoms with Crippen molar-refractivity contribution in [2.24, 2.45) is 0 Å². The van der Waals surface area contributed by atoms with Crippen LogP contribution in [0.25, 0.3) is 0 Å². The lowest BCUT2D eigenvalue weighted by atomic mass is 10.2. The second-order valence-corrected chi connectivity index (χ2v) is 4.89. The average molecular weight is 306 g/mol. The highest BCUT2D eigenvalue weighted by Crippen LogP contribution is 2.21. The molecule has 21 heavy (non-hydrogen) atoms. The molecular weight excluding hydrogens is 290 g/mol. The molecule has 1 N–H and O–H groups in total. The number of benzene rings is 1. The van der Waals surface area contributed by atoms with Gasteiger partial charge in [0.15, 0.2) is 0 Å². The Hall–Kier alpha value is -2.14. The predicted molar refractivity (Wildman–Crippen MR) is 82.1 cm³/mol. The van der Waals surface area contributed by atoms with Gasteiger partial charge < -0.3 is 10.1 Å². The summed E-state index contributed by atoms with van der Waals surface area (Å²) >= 11 is 5.89. The maximum Gasteiger partial charge on any atom is 0.316 e. The summed E-state index contributed by atoms with van der Waals surface area (Å²) in [6.07, 6.45) is 0. The number of nitrogens with one attached hydrogen (secondary N) is 1. The first-order chi connectivity index (χ1) is 10.0. The molecule has 2 rings (SSSR count). The standard InChI is InChI=1S/C15H16ClN3O2/c1-4-21-15-17-9(2)13(10(3)18-15)19-14(20)11-6-5-7-12(16)8-11/h5-8H,4H2,1-3H3,(H,19,20). The van der Waals surface area contributed by atoms with Gasteiger partial charge in [0, 0.05) is 10.6 Å². The zero-order valence-electron chi connectivity index (χ0n) is 12.1. The summed E-state index contributed by atoms with van der Waals surface area (Å²) in [4.78, 5) is 20.7. The molecule has 0 bridgehead atoms. The zero-order chi connectivity index (χ0) is 15.4. The molecule has 1 aromatic heterocycles. The normalized spacial score (nSPS) is 10.3. The van der Waals surface area contributed by atoms with Gasteiger partial charge in [0.25, 0.3) is 5.91 Å². The summed E-state index contributed by atoms with van der Waals surface area (Å²) in [5.41, 5.74) is 2.38. The van der Waals surface area contributed by atoms with E-state index in [1.807, 2.05) is 6.92 Å². The number of ether oxygens (including phenoxy) is 1. The van der Waals surface area contributed by atoms with Crippen LogP contribution in [-0.2, 0) is 0 Å². The van der Waals surface area contributed by atoms with Crippen molar-refractivity contribution in [3.8, 4) is 6.01 Å². The predicted octanol–water partition coefficient (Wildman–Crippen LogP) is 3.40. The van der Waals surface area contributed by atoms with E-state index in [1.54, 1.807) is 38.1 Å². The van der Waals surface area contributed by atoms with Crippen LogP contribution in [0.3, 0.4) is 0 Å². The molecule has 0 aliphatic rings. The Morgan fingerprint density at radius 3 is 2.52 bits per heavy atom. The van der Waals surface area contributed by atoms with Crippen molar-refractivity contribution in [2.75, 3.05) is 11.9 Å². The van der Waals surface area contributed by atoms with Crippen LogP contribution in [0, 0.1) is 13.8 Å². The number of halogens is 1. The Bertz CT molecular complexity index is 651. The number of anilines is 1. The highest BCUT2D eigenvalue weighted by molar-refractivity contribution is 6.31. The van der Waals surface area contributed by atoms with Crippen molar-refractivity contribution >= 4 is 23.2 Å². The number of rotatable bonds is 4. The quantitative estimate of drug-likeness (QED) is 0.940. The molecule has 1 heterocycles. The highest BCUT2D eigenvalue weighted by Gasteiger charge is 2.13. The lowest BCUT2D eigenvalue weighted by Crippen LogP contribution is -2.15. The van der Waals surface area contributed by atoms with Crippen LogP contribution >= 0.6 is 11.6 Å². The maximum absolute atomic E-state index is 12.2. The van der Waals surface area contributed by atoms with Crippen molar-refractivity contribution in [3.05, 3.63) is 46.2 Å². The summed E-state index contributed by atoms with van der Waals surface area (Å²) < 4.78 is 5.28. The lowest BCUT2D eigenvalue weighted by Gasteiger charge is -2.12. The van der Waals surface area contributed by atoms with E-state index >= 15 is 0 Å². The minimum absolute atomic E-state index is 0.253. The zero-order valence-corrected chi connectivity index (χ0v) is 12.9. The van der Waals surface area contributed by atoms with Crippen LogP contribution in [0.1, 0.15) is 28.7 Å². The maximum atomic E-state index is 12.2. The molecular formula is C15H16ClN3O2. The van der Waals surface area contributed by atoms with E-state index in [0.29, 0.717) is 40.3 Å². The first kappa shape index (κ1) is 15.3. The number of carbonyl (C=O) groups excluding carboxylic acids is 1. The number of aryl methyl sites for hydroxylation is 2. The van der Waals surface area contributed by atoms with E-state index in [9.17, 15) is 4.79 Å². The van der Waals surface area contributed by atoms with Gasteiger partial charge in [0.1, 0.15) is 0 Å². The van der Waals surface area contributed by atoms with Gasteiger partial charge in [-0.3, -0.25) is 4.79 Å². The first-order valence-corrected chi connectivity index (χ1v) is 6.94. The molecule has 6 heteroatoms. The van der Waals surface area contributed by atoms with Crippen LogP contribution in [-0.4, -0.2) is 22.5 Å². The van der Waals surface area contributed by atoms with Gasteiger partial charge in [-0.25, -0.2) is 0 Å². The molecule has 0 aliphatic heterocycles. The van der Waals surface area contributed by atoms with Crippen molar-refractivity contribution in [3.63, 3.8) is 0 Å². The minimum Gasteiger partial charge on any atom is -0.464 e. The number of amides is 1. The average Bonchev–Trinajstić information content (AvgIpc) is 2.43. The fourth-order valence-electron chi connectivity index (χ4n) is 1.88. The Kier molecular flexibility index (Phi) is 4.75. The van der Waals surface area contributed by atoms with Gasteiger partial charge in [0.2, 0.25) is 0 Å². The molecule has 110 valence electrons. The van der Waals surface area contributed by atoms with Crippen molar-refractivity contribution in [1.82, 2.24) is 9.97 Å². The van der Waals surface area contributed by atoms with E-state index in [1.165, 1.54) is 0 Å². The van der Waals surface area contributed by atoms with E-state index in [2.05, 4.69) is 15.3 Å². The van der Waals surface area contributed by atoms with Gasteiger partial charge in [-0.2, -0.15) is 9.97 Å². The van der Waals surface area contributed by atoms with Crippen molar-refractivity contribution < 1.29 is 9.53 Å². The van der Waals surface area contributed by atoms with Crippen molar-refractivity contribution in [2.45, 2.75) is 20.8 Å². The summed E-state index contributed by atoms with van der Waals surface area (Å²) in [5, 5.41) is 3.33. The monoisotopic (exact) mass is 305 g/mol. The van der Waals surface area contributed by atoms with Crippen LogP contribution < -0.4 is 10.1 Å². The molecule has 0 spiro atoms. The molecule has 0 atom stereocenters. The van der Waals surface area contributed by atoms with Gasteiger partial charge in [-0.05, 0) is 39.0 Å². The van der Waals surface area contributed by atoms with E-state index in [4.69, 9.17) is 16.3 Å². The third-order valence-corrected chi connectivity index (χ3v) is 3.08. The summed E-state index contributed by atoms with van der Waals surface area (Å²) in [6, 6.07) is 7.06. The Balaban J connectivity index is 2.25. The Morgan fingerprint density at radius 1 is 1.29 bits per heavy atom. The van der Waals surface area contributed by atoms with Crippen LogP contribution in [0.5, 0.6) is 6.01 Å². The highest BCUT2D eigenvalue weighted by atomic mass is 35.5. The second-order valence-electron chi connectivity index (χ2n) is 4.45. The fraction of sp³-hybridized carbons (Fsp3) is 0.267. The molecule has 0 unspecified atom stereocenters. The van der Waals surface area contributed by atoms with Crippen LogP contribution in [0.2, 0.25) is 5.02 Å².